The van der Waals surface area contributed by atoms with E-state index in [-0.39, 0.29) is 30.6 Å². The number of likely N-dealkylation sites (tertiary alicyclic amines) is 1. The minimum Gasteiger partial charge on any atom is -0.493 e. The van der Waals surface area contributed by atoms with Crippen LogP contribution in [0.3, 0.4) is 0 Å². The van der Waals surface area contributed by atoms with Crippen molar-refractivity contribution in [2.45, 2.75) is 25.4 Å². The van der Waals surface area contributed by atoms with Crippen molar-refractivity contribution in [1.82, 2.24) is 4.90 Å². The first kappa shape index (κ1) is 25.3. The molecule has 1 saturated heterocycles. The van der Waals surface area contributed by atoms with Gasteiger partial charge < -0.3 is 30.4 Å². The Morgan fingerprint density at radius 3 is 2.48 bits per heavy atom. The zero-order valence-corrected chi connectivity index (χ0v) is 17.3. The molecule has 0 aromatic heterocycles. The minimum atomic E-state index is -0.518. The number of hydrogen-bond acceptors (Lipinski definition) is 6. The summed E-state index contributed by atoms with van der Waals surface area (Å²) < 4.78 is 10.9. The Kier molecular flexibility index (Phi) is 11.9. The predicted octanol–water partition coefficient (Wildman–Crippen LogP) is 2.31. The number of nitrogens with zero attached hydrogens (tertiary/aromatic N) is 2. The van der Waals surface area contributed by atoms with Gasteiger partial charge in [-0.1, -0.05) is 17.3 Å². The molecule has 7 nitrogen and oxygen atoms in total. The largest absolute Gasteiger partial charge is 0.493 e. The van der Waals surface area contributed by atoms with E-state index in [1.54, 1.807) is 26.4 Å². The summed E-state index contributed by atoms with van der Waals surface area (Å²) in [6.07, 6.45) is 5.50. The standard InChI is InChI=1S/C18H27N3O4.2ClH/c1-24-16-7-5-13(6-8-17(19)20-23)15(18(16)25-2)11-14(22)12-21-9-3-4-10-21;;/h5-8,14,22-23H,3-4,9-12H2,1-2H3,(H2,19,20);2*1H. The van der Waals surface area contributed by atoms with Crippen molar-refractivity contribution in [3.63, 3.8) is 0 Å². The van der Waals surface area contributed by atoms with Crippen molar-refractivity contribution in [3.8, 4) is 11.5 Å². The average molecular weight is 422 g/mol. The van der Waals surface area contributed by atoms with Crippen molar-refractivity contribution >= 4 is 36.7 Å². The van der Waals surface area contributed by atoms with E-state index in [1.807, 2.05) is 6.07 Å². The molecule has 1 aromatic carbocycles. The average Bonchev–Trinajstić information content (AvgIpc) is 3.12. The summed E-state index contributed by atoms with van der Waals surface area (Å²) in [7, 11) is 3.15. The Labute approximate surface area is 172 Å². The molecule has 4 N–H and O–H groups in total. The summed E-state index contributed by atoms with van der Waals surface area (Å²) in [4.78, 5) is 2.27. The molecule has 1 aromatic rings. The van der Waals surface area contributed by atoms with Crippen LogP contribution in [0, 0.1) is 0 Å². The molecule has 1 aliphatic heterocycles. The van der Waals surface area contributed by atoms with E-state index < -0.39 is 6.10 Å². The lowest BCUT2D eigenvalue weighted by molar-refractivity contribution is 0.124. The maximum atomic E-state index is 10.5. The second-order valence-electron chi connectivity index (χ2n) is 6.09. The third-order valence-corrected chi connectivity index (χ3v) is 4.34. The molecule has 2 rings (SSSR count). The molecule has 1 unspecified atom stereocenters. The van der Waals surface area contributed by atoms with Crippen molar-refractivity contribution in [2.75, 3.05) is 33.9 Å². The van der Waals surface area contributed by atoms with Crippen LogP contribution in [0.4, 0.5) is 0 Å². The van der Waals surface area contributed by atoms with Crippen LogP contribution < -0.4 is 15.2 Å². The Morgan fingerprint density at radius 2 is 1.93 bits per heavy atom. The van der Waals surface area contributed by atoms with Crippen LogP contribution in [0.25, 0.3) is 6.08 Å². The lowest BCUT2D eigenvalue weighted by Crippen LogP contribution is -2.31. The Hall–Kier alpha value is -1.67. The van der Waals surface area contributed by atoms with E-state index in [9.17, 15) is 5.11 Å². The third-order valence-electron chi connectivity index (χ3n) is 4.34. The topological polar surface area (TPSA) is 101 Å². The van der Waals surface area contributed by atoms with Crippen LogP contribution in [0.15, 0.2) is 23.4 Å². The SMILES string of the molecule is COc1ccc(C=CC(N)=NO)c(CC(O)CN2CCCC2)c1OC.Cl.Cl. The molecule has 1 atom stereocenters. The van der Waals surface area contributed by atoms with Crippen molar-refractivity contribution in [1.29, 1.82) is 0 Å². The monoisotopic (exact) mass is 421 g/mol. The first-order valence-corrected chi connectivity index (χ1v) is 8.39. The lowest BCUT2D eigenvalue weighted by Gasteiger charge is -2.22. The maximum Gasteiger partial charge on any atom is 0.164 e. The van der Waals surface area contributed by atoms with Gasteiger partial charge in [-0.25, -0.2) is 0 Å². The van der Waals surface area contributed by atoms with Gasteiger partial charge in [0.1, 0.15) is 0 Å². The highest BCUT2D eigenvalue weighted by atomic mass is 35.5. The van der Waals surface area contributed by atoms with Crippen LogP contribution in [0.2, 0.25) is 0 Å². The number of aliphatic hydroxyl groups is 1. The van der Waals surface area contributed by atoms with Gasteiger partial charge in [0.2, 0.25) is 0 Å². The van der Waals surface area contributed by atoms with E-state index in [4.69, 9.17) is 20.4 Å². The molecule has 0 spiro atoms. The van der Waals surface area contributed by atoms with Gasteiger partial charge in [0, 0.05) is 18.5 Å². The summed E-state index contributed by atoms with van der Waals surface area (Å²) in [5.74, 6) is 1.19. The normalized spacial score (nSPS) is 15.9. The molecular formula is C18H29Cl2N3O4. The van der Waals surface area contributed by atoms with Gasteiger partial charge in [0.15, 0.2) is 17.3 Å². The second-order valence-corrected chi connectivity index (χ2v) is 6.09. The fraction of sp³-hybridized carbons (Fsp3) is 0.500. The zero-order chi connectivity index (χ0) is 18.2. The third kappa shape index (κ3) is 7.10. The van der Waals surface area contributed by atoms with E-state index in [2.05, 4.69) is 10.1 Å². The maximum absolute atomic E-state index is 10.5. The molecule has 0 bridgehead atoms. The number of benzene rings is 1. The van der Waals surface area contributed by atoms with E-state index in [0.717, 1.165) is 24.2 Å². The van der Waals surface area contributed by atoms with Crippen LogP contribution in [0.5, 0.6) is 11.5 Å². The van der Waals surface area contributed by atoms with E-state index >= 15 is 0 Å². The number of halogens is 2. The first-order chi connectivity index (χ1) is 12.1. The number of nitrogens with two attached hydrogens (primary N) is 1. The number of oxime groups is 1. The van der Waals surface area contributed by atoms with Crippen molar-refractivity contribution in [3.05, 3.63) is 29.3 Å². The Bertz CT molecular complexity index is 635. The van der Waals surface area contributed by atoms with Gasteiger partial charge in [0.05, 0.1) is 20.3 Å². The Balaban J connectivity index is 0.00000338. The number of methoxy groups -OCH3 is 2. The zero-order valence-electron chi connectivity index (χ0n) is 15.6. The number of amidine groups is 1. The van der Waals surface area contributed by atoms with E-state index in [0.29, 0.717) is 24.5 Å². The molecule has 1 heterocycles. The van der Waals surface area contributed by atoms with Crippen LogP contribution in [-0.2, 0) is 6.42 Å². The number of hydrogen-bond donors (Lipinski definition) is 3. The molecule has 0 aliphatic carbocycles. The highest BCUT2D eigenvalue weighted by Gasteiger charge is 2.20. The van der Waals surface area contributed by atoms with E-state index in [1.165, 1.54) is 18.9 Å². The molecule has 0 radical (unpaired) electrons. The first-order valence-electron chi connectivity index (χ1n) is 8.39. The van der Waals surface area contributed by atoms with Crippen LogP contribution in [0.1, 0.15) is 24.0 Å². The fourth-order valence-electron chi connectivity index (χ4n) is 3.14. The van der Waals surface area contributed by atoms with Gasteiger partial charge in [0.25, 0.3) is 0 Å². The molecule has 1 aliphatic rings. The highest BCUT2D eigenvalue weighted by molar-refractivity contribution is 5.94. The molecule has 154 valence electrons. The minimum absolute atomic E-state index is 0. The molecule has 9 heteroatoms. The van der Waals surface area contributed by atoms with Gasteiger partial charge >= 0.3 is 0 Å². The van der Waals surface area contributed by atoms with Crippen molar-refractivity contribution < 1.29 is 19.8 Å². The lowest BCUT2D eigenvalue weighted by atomic mass is 9.98. The van der Waals surface area contributed by atoms with Gasteiger partial charge in [-0.15, -0.1) is 24.8 Å². The van der Waals surface area contributed by atoms with Gasteiger partial charge in [-0.05, 0) is 43.6 Å². The van der Waals surface area contributed by atoms with Gasteiger partial charge in [-0.3, -0.25) is 0 Å². The second kappa shape index (κ2) is 12.7. The summed E-state index contributed by atoms with van der Waals surface area (Å²) >= 11 is 0. The van der Waals surface area contributed by atoms with Gasteiger partial charge in [-0.2, -0.15) is 0 Å². The smallest absolute Gasteiger partial charge is 0.164 e. The van der Waals surface area contributed by atoms with Crippen LogP contribution in [-0.4, -0.2) is 61.0 Å². The highest BCUT2D eigenvalue weighted by Crippen LogP contribution is 2.35. The predicted molar refractivity (Wildman–Crippen MR) is 112 cm³/mol. The number of ether oxygens (including phenoxy) is 2. The number of β-amino-alcohol motifs (C(OH)–C–C–N with tert-alkyl or cyclic N) is 1. The number of rotatable bonds is 8. The van der Waals surface area contributed by atoms with Crippen molar-refractivity contribution in [2.24, 2.45) is 10.9 Å². The quantitative estimate of drug-likeness (QED) is 0.257. The summed E-state index contributed by atoms with van der Waals surface area (Å²) in [6, 6.07) is 3.65. The molecule has 27 heavy (non-hydrogen) atoms. The molecule has 0 amide bonds. The fourth-order valence-corrected chi connectivity index (χ4v) is 3.14. The molecular weight excluding hydrogens is 393 g/mol. The molecule has 1 fully saturated rings. The summed E-state index contributed by atoms with van der Waals surface area (Å²) in [6.45, 7) is 2.69. The summed E-state index contributed by atoms with van der Waals surface area (Å²) in [5, 5.41) is 22.2. The Morgan fingerprint density at radius 1 is 1.26 bits per heavy atom. The summed E-state index contributed by atoms with van der Waals surface area (Å²) in [5.41, 5.74) is 7.16. The van der Waals surface area contributed by atoms with Crippen LogP contribution >= 0.6 is 24.8 Å². The number of aliphatic hydroxyl groups excluding tert-OH is 1. The molecule has 0 saturated carbocycles.